The van der Waals surface area contributed by atoms with E-state index >= 15 is 0 Å². The zero-order chi connectivity index (χ0) is 21.3. The minimum Gasteiger partial charge on any atom is -0.383 e. The number of carbonyl (C=O) groups is 1. The smallest absolute Gasteiger partial charge is 0.255 e. The number of imidazole rings is 1. The number of nitrogens with zero attached hydrogens (tertiary/aromatic N) is 3. The highest BCUT2D eigenvalue weighted by Gasteiger charge is 2.34. The Morgan fingerprint density at radius 2 is 2.23 bits per heavy atom. The van der Waals surface area contributed by atoms with E-state index in [2.05, 4.69) is 20.2 Å². The Morgan fingerprint density at radius 3 is 2.93 bits per heavy atom. The number of carbonyl (C=O) groups excluding carboxylic acids is 1. The number of aryl methyl sites for hydroxylation is 1. The van der Waals surface area contributed by atoms with Gasteiger partial charge in [0, 0.05) is 44.7 Å². The van der Waals surface area contributed by atoms with Crippen LogP contribution in [0.2, 0.25) is 0 Å². The molecule has 1 aromatic carbocycles. The van der Waals surface area contributed by atoms with E-state index in [-0.39, 0.29) is 11.4 Å². The molecule has 1 saturated heterocycles. The van der Waals surface area contributed by atoms with Crippen LogP contribution in [-0.2, 0) is 4.74 Å². The number of rotatable bonds is 6. The van der Waals surface area contributed by atoms with Crippen molar-refractivity contribution in [3.63, 3.8) is 0 Å². The van der Waals surface area contributed by atoms with Gasteiger partial charge in [-0.1, -0.05) is 12.1 Å². The van der Waals surface area contributed by atoms with Crippen molar-refractivity contribution in [3.8, 4) is 11.4 Å². The molecule has 0 aliphatic carbocycles. The third-order valence-corrected chi connectivity index (χ3v) is 5.54. The molecule has 8 nitrogen and oxygen atoms in total. The number of hydrogen-bond acceptors (Lipinski definition) is 6. The maximum Gasteiger partial charge on any atom is 0.255 e. The third kappa shape index (κ3) is 3.88. The largest absolute Gasteiger partial charge is 0.383 e. The molecule has 158 valence electrons. The average molecular weight is 409 g/mol. The summed E-state index contributed by atoms with van der Waals surface area (Å²) in [4.78, 5) is 27.7. The van der Waals surface area contributed by atoms with Gasteiger partial charge in [-0.2, -0.15) is 0 Å². The summed E-state index contributed by atoms with van der Waals surface area (Å²) in [6, 6.07) is 6.03. The number of methoxy groups -OCH3 is 1. The fourth-order valence-electron chi connectivity index (χ4n) is 3.97. The zero-order valence-electron chi connectivity index (χ0n) is 17.7. The zero-order valence-corrected chi connectivity index (χ0v) is 17.7. The number of aromatic nitrogens is 3. The number of pyridine rings is 1. The van der Waals surface area contributed by atoms with Gasteiger partial charge in [-0.25, -0.2) is 4.98 Å². The molecule has 8 heteroatoms. The van der Waals surface area contributed by atoms with Crippen LogP contribution in [0.15, 0.2) is 30.6 Å². The molecule has 1 aliphatic heterocycles. The molecular formula is C22H28N6O2. The van der Waals surface area contributed by atoms with Crippen LogP contribution in [-0.4, -0.2) is 59.7 Å². The van der Waals surface area contributed by atoms with Crippen LogP contribution in [0.5, 0.6) is 0 Å². The second-order valence-electron chi connectivity index (χ2n) is 8.21. The van der Waals surface area contributed by atoms with Crippen molar-refractivity contribution in [1.82, 2.24) is 20.3 Å². The normalized spacial score (nSPS) is 18.9. The summed E-state index contributed by atoms with van der Waals surface area (Å²) in [5, 5.41) is 2.91. The molecule has 30 heavy (non-hydrogen) atoms. The molecule has 0 unspecified atom stereocenters. The van der Waals surface area contributed by atoms with Crippen molar-refractivity contribution in [3.05, 3.63) is 41.7 Å². The lowest BCUT2D eigenvalue weighted by Crippen LogP contribution is -2.39. The molecule has 0 radical (unpaired) electrons. The lowest BCUT2D eigenvalue weighted by molar-refractivity contribution is 0.0937. The van der Waals surface area contributed by atoms with Crippen molar-refractivity contribution < 1.29 is 9.53 Å². The first kappa shape index (κ1) is 20.3. The van der Waals surface area contributed by atoms with Crippen molar-refractivity contribution in [2.24, 2.45) is 5.73 Å². The summed E-state index contributed by atoms with van der Waals surface area (Å²) in [6.07, 6.45) is 4.22. The summed E-state index contributed by atoms with van der Waals surface area (Å²) in [7, 11) is 1.61. The number of nitrogens with one attached hydrogen (secondary N) is 2. The van der Waals surface area contributed by atoms with E-state index in [9.17, 15) is 4.79 Å². The van der Waals surface area contributed by atoms with E-state index in [4.69, 9.17) is 15.5 Å². The van der Waals surface area contributed by atoms with Crippen LogP contribution in [0.25, 0.3) is 22.4 Å². The molecule has 1 amide bonds. The number of anilines is 1. The number of nitrogens with two attached hydrogens (primary N) is 1. The van der Waals surface area contributed by atoms with E-state index in [1.54, 1.807) is 19.5 Å². The first-order valence-corrected chi connectivity index (χ1v) is 10.1. The fourth-order valence-corrected chi connectivity index (χ4v) is 3.97. The number of fused-ring (bicyclic) bond motifs is 1. The van der Waals surface area contributed by atoms with E-state index in [0.717, 1.165) is 40.8 Å². The van der Waals surface area contributed by atoms with Crippen LogP contribution < -0.4 is 16.0 Å². The van der Waals surface area contributed by atoms with Gasteiger partial charge < -0.3 is 25.7 Å². The fraction of sp³-hybridized carbons (Fsp3) is 0.409. The lowest BCUT2D eigenvalue weighted by Gasteiger charge is -2.25. The van der Waals surface area contributed by atoms with Crippen molar-refractivity contribution >= 4 is 22.6 Å². The quantitative estimate of drug-likeness (QED) is 0.540. The van der Waals surface area contributed by atoms with E-state index < -0.39 is 0 Å². The molecule has 1 atom stereocenters. The Labute approximate surface area is 175 Å². The highest BCUT2D eigenvalue weighted by Crippen LogP contribution is 2.36. The van der Waals surface area contributed by atoms with Crippen molar-refractivity contribution in [1.29, 1.82) is 0 Å². The van der Waals surface area contributed by atoms with Crippen molar-refractivity contribution in [2.75, 3.05) is 38.3 Å². The Balaban J connectivity index is 1.82. The highest BCUT2D eigenvalue weighted by atomic mass is 16.5. The topological polar surface area (TPSA) is 109 Å². The first-order valence-electron chi connectivity index (χ1n) is 10.1. The predicted molar refractivity (Wildman–Crippen MR) is 118 cm³/mol. The maximum absolute atomic E-state index is 13.0. The van der Waals surface area contributed by atoms with Crippen LogP contribution in [0.1, 0.15) is 29.3 Å². The van der Waals surface area contributed by atoms with Gasteiger partial charge in [0.25, 0.3) is 5.91 Å². The summed E-state index contributed by atoms with van der Waals surface area (Å²) < 4.78 is 5.05. The second-order valence-corrected chi connectivity index (χ2v) is 8.21. The van der Waals surface area contributed by atoms with Gasteiger partial charge in [-0.15, -0.1) is 0 Å². The summed E-state index contributed by atoms with van der Waals surface area (Å²) in [5.41, 5.74) is 11.2. The number of hydrogen-bond donors (Lipinski definition) is 3. The third-order valence-electron chi connectivity index (χ3n) is 5.54. The SMILES string of the molecule is COCCNC(=O)c1cncc(-c2nc3c(C)cccc3[nH]2)c1N1CC[C@](C)(N)C1. The Morgan fingerprint density at radius 1 is 1.40 bits per heavy atom. The van der Waals surface area contributed by atoms with Crippen LogP contribution >= 0.6 is 0 Å². The van der Waals surface area contributed by atoms with E-state index in [0.29, 0.717) is 31.1 Å². The van der Waals surface area contributed by atoms with E-state index in [1.165, 1.54) is 0 Å². The minimum atomic E-state index is -0.311. The highest BCUT2D eigenvalue weighted by molar-refractivity contribution is 6.03. The molecule has 3 aromatic rings. The van der Waals surface area contributed by atoms with Gasteiger partial charge in [0.1, 0.15) is 5.82 Å². The first-order chi connectivity index (χ1) is 14.4. The Bertz CT molecular complexity index is 1070. The molecule has 3 heterocycles. The van der Waals surface area contributed by atoms with Gasteiger partial charge in [0.15, 0.2) is 0 Å². The van der Waals surface area contributed by atoms with Gasteiger partial charge in [0.2, 0.25) is 0 Å². The lowest BCUT2D eigenvalue weighted by atomic mass is 10.0. The maximum atomic E-state index is 13.0. The van der Waals surface area contributed by atoms with Gasteiger partial charge in [-0.3, -0.25) is 9.78 Å². The van der Waals surface area contributed by atoms with E-state index in [1.807, 2.05) is 32.0 Å². The summed E-state index contributed by atoms with van der Waals surface area (Å²) >= 11 is 0. The number of benzene rings is 1. The molecule has 1 fully saturated rings. The molecule has 4 N–H and O–H groups in total. The minimum absolute atomic E-state index is 0.186. The number of ether oxygens (including phenoxy) is 1. The summed E-state index contributed by atoms with van der Waals surface area (Å²) in [5.74, 6) is 0.508. The summed E-state index contributed by atoms with van der Waals surface area (Å²) in [6.45, 7) is 6.37. The van der Waals surface area contributed by atoms with Gasteiger partial charge in [0.05, 0.1) is 34.5 Å². The predicted octanol–water partition coefficient (Wildman–Crippen LogP) is 2.24. The molecule has 0 saturated carbocycles. The van der Waals surface area contributed by atoms with Gasteiger partial charge >= 0.3 is 0 Å². The molecule has 0 bridgehead atoms. The number of amides is 1. The average Bonchev–Trinajstić information content (AvgIpc) is 3.31. The van der Waals surface area contributed by atoms with Gasteiger partial charge in [-0.05, 0) is 31.9 Å². The molecule has 2 aromatic heterocycles. The van der Waals surface area contributed by atoms with Crippen LogP contribution in [0.3, 0.4) is 0 Å². The monoisotopic (exact) mass is 408 g/mol. The Hall–Kier alpha value is -2.97. The number of H-pyrrole nitrogens is 1. The second kappa shape index (κ2) is 8.04. The Kier molecular flexibility index (Phi) is 5.44. The molecule has 1 aliphatic rings. The molecular weight excluding hydrogens is 380 g/mol. The van der Waals surface area contributed by atoms with Crippen molar-refractivity contribution in [2.45, 2.75) is 25.8 Å². The molecule has 4 rings (SSSR count). The standard InChI is InChI=1S/C22H28N6O2/c1-14-5-4-6-17-18(14)27-20(26-17)15-11-24-12-16(21(29)25-8-10-30-3)19(15)28-9-7-22(2,23)13-28/h4-6,11-12H,7-10,13,23H2,1-3H3,(H,25,29)(H,26,27)/t22-/m0/s1. The number of aromatic amines is 1. The van der Waals surface area contributed by atoms with Crippen LogP contribution in [0, 0.1) is 6.92 Å². The molecule has 0 spiro atoms. The number of para-hydroxylation sites is 1. The van der Waals surface area contributed by atoms with Crippen LogP contribution in [0.4, 0.5) is 5.69 Å².